The van der Waals surface area contributed by atoms with Crippen LogP contribution in [0, 0.1) is 5.41 Å². The summed E-state index contributed by atoms with van der Waals surface area (Å²) in [6.45, 7) is 13.8. The second-order valence-corrected chi connectivity index (χ2v) is 8.40. The molecule has 2 rings (SSSR count). The van der Waals surface area contributed by atoms with E-state index in [0.29, 0.717) is 12.0 Å². The standard InChI is InChI=1S/C21H34N2O2/c1-7-16-8-9-18(22-15(2)3)14-19(16)17-10-12-23(13-11-17)25-20(24)21(4,5)6/h8-9,14-15,17,22H,7,10-13H2,1-6H3. The van der Waals surface area contributed by atoms with Crippen molar-refractivity contribution in [3.8, 4) is 0 Å². The molecule has 25 heavy (non-hydrogen) atoms. The van der Waals surface area contributed by atoms with Gasteiger partial charge in [-0.2, -0.15) is 0 Å². The molecule has 140 valence electrons. The molecule has 0 bridgehead atoms. The van der Waals surface area contributed by atoms with Gasteiger partial charge in [0.2, 0.25) is 0 Å². The number of hydrogen-bond donors (Lipinski definition) is 1. The van der Waals surface area contributed by atoms with Crippen LogP contribution in [0.1, 0.15) is 71.4 Å². The van der Waals surface area contributed by atoms with Gasteiger partial charge in [-0.1, -0.05) is 13.0 Å². The van der Waals surface area contributed by atoms with E-state index < -0.39 is 5.41 Å². The quantitative estimate of drug-likeness (QED) is 0.835. The number of aryl methyl sites for hydroxylation is 1. The zero-order chi connectivity index (χ0) is 18.6. The molecule has 0 spiro atoms. The highest BCUT2D eigenvalue weighted by Gasteiger charge is 2.29. The lowest BCUT2D eigenvalue weighted by molar-refractivity contribution is -0.204. The van der Waals surface area contributed by atoms with Crippen molar-refractivity contribution in [1.82, 2.24) is 5.06 Å². The summed E-state index contributed by atoms with van der Waals surface area (Å²) in [6, 6.07) is 7.19. The van der Waals surface area contributed by atoms with Crippen molar-refractivity contribution in [3.63, 3.8) is 0 Å². The van der Waals surface area contributed by atoms with Crippen LogP contribution in [-0.2, 0) is 16.1 Å². The van der Waals surface area contributed by atoms with E-state index in [1.54, 1.807) is 0 Å². The van der Waals surface area contributed by atoms with Crippen molar-refractivity contribution in [2.45, 2.75) is 72.8 Å². The first kappa shape index (κ1) is 19.8. The maximum Gasteiger partial charge on any atom is 0.330 e. The van der Waals surface area contributed by atoms with Gasteiger partial charge in [-0.05, 0) is 83.1 Å². The molecule has 1 aliphatic rings. The number of rotatable bonds is 5. The molecule has 0 aromatic heterocycles. The molecule has 1 fully saturated rings. The largest absolute Gasteiger partial charge is 0.383 e. The topological polar surface area (TPSA) is 41.6 Å². The van der Waals surface area contributed by atoms with Gasteiger partial charge in [0.05, 0.1) is 5.41 Å². The SMILES string of the molecule is CCc1ccc(NC(C)C)cc1C1CCN(OC(=O)C(C)(C)C)CC1. The van der Waals surface area contributed by atoms with E-state index in [1.807, 2.05) is 25.8 Å². The maximum atomic E-state index is 12.1. The fraction of sp³-hybridized carbons (Fsp3) is 0.667. The van der Waals surface area contributed by atoms with Crippen molar-refractivity contribution >= 4 is 11.7 Å². The van der Waals surface area contributed by atoms with E-state index >= 15 is 0 Å². The Balaban J connectivity index is 2.03. The molecule has 0 unspecified atom stereocenters. The minimum absolute atomic E-state index is 0.150. The smallest absolute Gasteiger partial charge is 0.330 e. The number of nitrogens with zero attached hydrogens (tertiary/aromatic N) is 1. The molecular formula is C21H34N2O2. The second-order valence-electron chi connectivity index (χ2n) is 8.40. The van der Waals surface area contributed by atoms with Crippen LogP contribution in [0.5, 0.6) is 0 Å². The summed E-state index contributed by atoms with van der Waals surface area (Å²) in [4.78, 5) is 17.6. The Kier molecular flexibility index (Phi) is 6.50. The van der Waals surface area contributed by atoms with Crippen molar-refractivity contribution in [3.05, 3.63) is 29.3 Å². The van der Waals surface area contributed by atoms with Gasteiger partial charge in [0.1, 0.15) is 0 Å². The molecule has 1 heterocycles. The predicted molar refractivity (Wildman–Crippen MR) is 104 cm³/mol. The first-order chi connectivity index (χ1) is 11.7. The minimum Gasteiger partial charge on any atom is -0.383 e. The highest BCUT2D eigenvalue weighted by molar-refractivity contribution is 5.75. The van der Waals surface area contributed by atoms with Crippen LogP contribution in [0.2, 0.25) is 0 Å². The molecule has 1 aromatic rings. The Morgan fingerprint density at radius 2 is 1.92 bits per heavy atom. The summed E-state index contributed by atoms with van der Waals surface area (Å²) in [6.07, 6.45) is 3.10. The van der Waals surface area contributed by atoms with E-state index in [4.69, 9.17) is 4.84 Å². The van der Waals surface area contributed by atoms with E-state index in [9.17, 15) is 4.79 Å². The number of carbonyl (C=O) groups excluding carboxylic acids is 1. The van der Waals surface area contributed by atoms with Crippen LogP contribution in [-0.4, -0.2) is 30.2 Å². The normalized spacial score (nSPS) is 16.9. The molecule has 1 aliphatic heterocycles. The van der Waals surface area contributed by atoms with E-state index in [1.165, 1.54) is 16.8 Å². The first-order valence-corrected chi connectivity index (χ1v) is 9.57. The van der Waals surface area contributed by atoms with E-state index in [2.05, 4.69) is 44.3 Å². The Labute approximate surface area is 152 Å². The maximum absolute atomic E-state index is 12.1. The molecule has 1 saturated heterocycles. The van der Waals surface area contributed by atoms with Crippen molar-refractivity contribution in [2.75, 3.05) is 18.4 Å². The first-order valence-electron chi connectivity index (χ1n) is 9.57. The van der Waals surface area contributed by atoms with Crippen LogP contribution in [0.25, 0.3) is 0 Å². The third-order valence-corrected chi connectivity index (χ3v) is 4.70. The molecule has 1 aromatic carbocycles. The fourth-order valence-corrected chi connectivity index (χ4v) is 3.23. The number of anilines is 1. The average molecular weight is 347 g/mol. The lowest BCUT2D eigenvalue weighted by atomic mass is 9.86. The fourth-order valence-electron chi connectivity index (χ4n) is 3.23. The Hall–Kier alpha value is -1.55. The Morgan fingerprint density at radius 1 is 1.28 bits per heavy atom. The number of nitrogens with one attached hydrogen (secondary N) is 1. The van der Waals surface area contributed by atoms with Gasteiger partial charge >= 0.3 is 5.97 Å². The molecular weight excluding hydrogens is 312 g/mol. The summed E-state index contributed by atoms with van der Waals surface area (Å²) in [5.41, 5.74) is 3.63. The van der Waals surface area contributed by atoms with Crippen molar-refractivity contribution < 1.29 is 9.63 Å². The van der Waals surface area contributed by atoms with Crippen LogP contribution >= 0.6 is 0 Å². The molecule has 0 aliphatic carbocycles. The highest BCUT2D eigenvalue weighted by Crippen LogP contribution is 2.33. The molecule has 0 saturated carbocycles. The van der Waals surface area contributed by atoms with Crippen LogP contribution in [0.4, 0.5) is 5.69 Å². The number of hydrogen-bond acceptors (Lipinski definition) is 4. The number of benzene rings is 1. The van der Waals surface area contributed by atoms with Crippen molar-refractivity contribution in [2.24, 2.45) is 5.41 Å². The van der Waals surface area contributed by atoms with Gasteiger partial charge < -0.3 is 10.2 Å². The summed E-state index contributed by atoms with van der Waals surface area (Å²) in [5, 5.41) is 5.35. The molecule has 0 amide bonds. The molecule has 4 heteroatoms. The zero-order valence-electron chi connectivity index (χ0n) is 16.7. The molecule has 4 nitrogen and oxygen atoms in total. The van der Waals surface area contributed by atoms with Gasteiger partial charge in [-0.15, -0.1) is 5.06 Å². The third-order valence-electron chi connectivity index (χ3n) is 4.70. The Morgan fingerprint density at radius 3 is 2.44 bits per heavy atom. The predicted octanol–water partition coefficient (Wildman–Crippen LogP) is 4.75. The van der Waals surface area contributed by atoms with Gasteiger partial charge in [-0.25, -0.2) is 4.79 Å². The molecule has 0 atom stereocenters. The second kappa shape index (κ2) is 8.22. The summed E-state index contributed by atoms with van der Waals surface area (Å²) >= 11 is 0. The third kappa shape index (κ3) is 5.46. The highest BCUT2D eigenvalue weighted by atomic mass is 16.7. The summed E-state index contributed by atoms with van der Waals surface area (Å²) < 4.78 is 0. The lowest BCUT2D eigenvalue weighted by Gasteiger charge is -2.33. The lowest BCUT2D eigenvalue weighted by Crippen LogP contribution is -2.38. The van der Waals surface area contributed by atoms with Crippen molar-refractivity contribution in [1.29, 1.82) is 0 Å². The van der Waals surface area contributed by atoms with Gasteiger partial charge in [0.15, 0.2) is 0 Å². The summed E-state index contributed by atoms with van der Waals surface area (Å²) in [7, 11) is 0. The van der Waals surface area contributed by atoms with E-state index in [-0.39, 0.29) is 5.97 Å². The van der Waals surface area contributed by atoms with Crippen LogP contribution in [0.15, 0.2) is 18.2 Å². The average Bonchev–Trinajstić information content (AvgIpc) is 2.54. The zero-order valence-corrected chi connectivity index (χ0v) is 16.7. The van der Waals surface area contributed by atoms with Crippen LogP contribution in [0.3, 0.4) is 0 Å². The van der Waals surface area contributed by atoms with Gasteiger partial charge in [-0.3, -0.25) is 0 Å². The number of carbonyl (C=O) groups is 1. The monoisotopic (exact) mass is 346 g/mol. The summed E-state index contributed by atoms with van der Waals surface area (Å²) in [5.74, 6) is 0.386. The van der Waals surface area contributed by atoms with Gasteiger partial charge in [0, 0.05) is 24.8 Å². The Bertz CT molecular complexity index is 582. The number of hydroxylamine groups is 2. The van der Waals surface area contributed by atoms with Crippen LogP contribution < -0.4 is 5.32 Å². The molecule has 0 radical (unpaired) electrons. The van der Waals surface area contributed by atoms with Gasteiger partial charge in [0.25, 0.3) is 0 Å². The minimum atomic E-state index is -0.455. The number of piperidine rings is 1. The van der Waals surface area contributed by atoms with E-state index in [0.717, 1.165) is 32.4 Å². The molecule has 1 N–H and O–H groups in total.